The molecule has 1 saturated heterocycles. The molecule has 0 unspecified atom stereocenters. The third kappa shape index (κ3) is 4.32. The summed E-state index contributed by atoms with van der Waals surface area (Å²) in [6, 6.07) is 0.475. The second kappa shape index (κ2) is 7.27. The van der Waals surface area contributed by atoms with Gasteiger partial charge >= 0.3 is 0 Å². The normalized spacial score (nSPS) is 22.8. The van der Waals surface area contributed by atoms with Gasteiger partial charge in [0.2, 0.25) is 0 Å². The molecule has 0 radical (unpaired) electrons. The molecule has 0 aromatic rings. The number of nitrogens with zero attached hydrogens (tertiary/aromatic N) is 2. The molecule has 0 aliphatic carbocycles. The van der Waals surface area contributed by atoms with Crippen LogP contribution in [0.4, 0.5) is 0 Å². The van der Waals surface area contributed by atoms with Gasteiger partial charge in [-0.05, 0) is 29.8 Å². The molecule has 0 amide bonds. The average Bonchev–Trinajstić information content (AvgIpc) is 2.81. The SMILES string of the molecule is CC/C(=N\N1CCC[C@H]1COC)[C@H](C)[Si](C)(C)C(C)(C)C. The molecular weight excluding hydrogens is 276 g/mol. The zero-order valence-corrected chi connectivity index (χ0v) is 16.5. The highest BCUT2D eigenvalue weighted by Crippen LogP contribution is 2.44. The molecule has 0 aromatic carbocycles. The van der Waals surface area contributed by atoms with E-state index in [1.165, 1.54) is 18.6 Å². The van der Waals surface area contributed by atoms with Crippen molar-refractivity contribution in [3.8, 4) is 0 Å². The van der Waals surface area contributed by atoms with Gasteiger partial charge in [0.05, 0.1) is 20.7 Å². The Morgan fingerprint density at radius 1 is 1.38 bits per heavy atom. The highest BCUT2D eigenvalue weighted by Gasteiger charge is 2.41. The van der Waals surface area contributed by atoms with E-state index in [1.54, 1.807) is 7.11 Å². The van der Waals surface area contributed by atoms with Gasteiger partial charge in [0, 0.05) is 19.4 Å². The van der Waals surface area contributed by atoms with Crippen LogP contribution in [0.15, 0.2) is 5.10 Å². The van der Waals surface area contributed by atoms with E-state index in [9.17, 15) is 0 Å². The molecule has 1 aliphatic rings. The quantitative estimate of drug-likeness (QED) is 0.521. The second-order valence-corrected chi connectivity index (χ2v) is 13.9. The van der Waals surface area contributed by atoms with Crippen LogP contribution in [0, 0.1) is 0 Å². The molecule has 0 aromatic heterocycles. The smallest absolute Gasteiger partial charge is 0.0704 e. The summed E-state index contributed by atoms with van der Waals surface area (Å²) < 4.78 is 5.35. The van der Waals surface area contributed by atoms with Crippen molar-refractivity contribution in [2.45, 2.75) is 83.6 Å². The van der Waals surface area contributed by atoms with E-state index in [1.807, 2.05) is 0 Å². The fourth-order valence-electron chi connectivity index (χ4n) is 3.01. The number of rotatable bonds is 6. The summed E-state index contributed by atoms with van der Waals surface area (Å²) in [7, 11) is 0.397. The van der Waals surface area contributed by atoms with Crippen molar-refractivity contribution in [2.75, 3.05) is 20.3 Å². The van der Waals surface area contributed by atoms with Gasteiger partial charge in [0.25, 0.3) is 0 Å². The van der Waals surface area contributed by atoms with Gasteiger partial charge in [-0.25, -0.2) is 0 Å². The Balaban J connectivity index is 2.93. The van der Waals surface area contributed by atoms with Crippen LogP contribution in [0.2, 0.25) is 23.7 Å². The molecular formula is C17H36N2OSi. The monoisotopic (exact) mass is 312 g/mol. The Morgan fingerprint density at radius 3 is 2.48 bits per heavy atom. The first-order chi connectivity index (χ1) is 9.65. The number of methoxy groups -OCH3 is 1. The molecule has 1 aliphatic heterocycles. The third-order valence-electron chi connectivity index (χ3n) is 5.84. The highest BCUT2D eigenvalue weighted by molar-refractivity contribution is 6.84. The van der Waals surface area contributed by atoms with E-state index < -0.39 is 8.07 Å². The van der Waals surface area contributed by atoms with Gasteiger partial charge < -0.3 is 4.74 Å². The minimum absolute atomic E-state index is 0.402. The van der Waals surface area contributed by atoms with Crippen molar-refractivity contribution in [1.82, 2.24) is 5.01 Å². The second-order valence-electron chi connectivity index (χ2n) is 8.05. The van der Waals surface area contributed by atoms with Crippen molar-refractivity contribution < 1.29 is 4.74 Å². The van der Waals surface area contributed by atoms with E-state index in [4.69, 9.17) is 9.84 Å². The van der Waals surface area contributed by atoms with Gasteiger partial charge in [-0.15, -0.1) is 0 Å². The fraction of sp³-hybridized carbons (Fsp3) is 0.941. The number of hydrogen-bond donors (Lipinski definition) is 0. The standard InChI is InChI=1S/C17H36N2OSi/c1-9-16(14(2)21(7,8)17(3,4)5)18-19-12-10-11-15(19)13-20-6/h14-15H,9-13H2,1-8H3/b18-16+/t14-,15-/m0/s1. The molecule has 0 bridgehead atoms. The molecule has 1 fully saturated rings. The lowest BCUT2D eigenvalue weighted by Gasteiger charge is -2.42. The number of hydrogen-bond acceptors (Lipinski definition) is 3. The van der Waals surface area contributed by atoms with Gasteiger partial charge in [0.1, 0.15) is 0 Å². The summed E-state index contributed by atoms with van der Waals surface area (Å²) in [5.74, 6) is 0. The topological polar surface area (TPSA) is 24.8 Å². The lowest BCUT2D eigenvalue weighted by Crippen LogP contribution is -2.44. The first kappa shape index (κ1) is 18.7. The van der Waals surface area contributed by atoms with Crippen LogP contribution < -0.4 is 0 Å². The first-order valence-corrected chi connectivity index (χ1v) is 11.6. The molecule has 0 saturated carbocycles. The Morgan fingerprint density at radius 2 is 2.00 bits per heavy atom. The summed E-state index contributed by atoms with van der Waals surface area (Å²) in [6.07, 6.45) is 3.51. The van der Waals surface area contributed by atoms with Crippen LogP contribution in [0.25, 0.3) is 0 Å². The van der Waals surface area contributed by atoms with E-state index in [2.05, 4.69) is 52.7 Å². The summed E-state index contributed by atoms with van der Waals surface area (Å²) in [4.78, 5) is 0. The number of ether oxygens (including phenoxy) is 1. The maximum atomic E-state index is 5.35. The molecule has 124 valence electrons. The first-order valence-electron chi connectivity index (χ1n) is 8.48. The van der Waals surface area contributed by atoms with Gasteiger partial charge in [0.15, 0.2) is 0 Å². The van der Waals surface area contributed by atoms with Crippen molar-refractivity contribution in [1.29, 1.82) is 0 Å². The van der Waals surface area contributed by atoms with Crippen molar-refractivity contribution in [3.63, 3.8) is 0 Å². The van der Waals surface area contributed by atoms with Crippen LogP contribution in [-0.4, -0.2) is 45.1 Å². The lowest BCUT2D eigenvalue weighted by molar-refractivity contribution is 0.117. The molecule has 0 N–H and O–H groups in total. The number of hydrazone groups is 1. The molecule has 21 heavy (non-hydrogen) atoms. The summed E-state index contributed by atoms with van der Waals surface area (Å²) >= 11 is 0. The van der Waals surface area contributed by atoms with E-state index in [0.717, 1.165) is 19.6 Å². The summed E-state index contributed by atoms with van der Waals surface area (Å²) in [5.41, 5.74) is 2.01. The van der Waals surface area contributed by atoms with Gasteiger partial charge in [-0.3, -0.25) is 5.01 Å². The van der Waals surface area contributed by atoms with Crippen molar-refractivity contribution >= 4 is 13.8 Å². The van der Waals surface area contributed by atoms with Crippen LogP contribution >= 0.6 is 0 Å². The Labute approximate surface area is 133 Å². The zero-order valence-electron chi connectivity index (χ0n) is 15.5. The molecule has 0 spiro atoms. The molecule has 1 heterocycles. The zero-order chi connectivity index (χ0) is 16.3. The van der Waals surface area contributed by atoms with Crippen LogP contribution in [-0.2, 0) is 4.74 Å². The minimum atomic E-state index is -1.39. The van der Waals surface area contributed by atoms with Crippen molar-refractivity contribution in [2.24, 2.45) is 5.10 Å². The fourth-order valence-corrected chi connectivity index (χ4v) is 5.40. The minimum Gasteiger partial charge on any atom is -0.382 e. The molecule has 3 nitrogen and oxygen atoms in total. The van der Waals surface area contributed by atoms with Crippen molar-refractivity contribution in [3.05, 3.63) is 0 Å². The maximum absolute atomic E-state index is 5.35. The maximum Gasteiger partial charge on any atom is 0.0704 e. The Hall–Kier alpha value is -0.353. The predicted octanol–water partition coefficient (Wildman–Crippen LogP) is 4.76. The van der Waals surface area contributed by atoms with Gasteiger partial charge in [-0.2, -0.15) is 5.10 Å². The average molecular weight is 313 g/mol. The predicted molar refractivity (Wildman–Crippen MR) is 96.0 cm³/mol. The highest BCUT2D eigenvalue weighted by atomic mass is 28.3. The Kier molecular flexibility index (Phi) is 6.48. The van der Waals surface area contributed by atoms with Crippen LogP contribution in [0.3, 0.4) is 0 Å². The third-order valence-corrected chi connectivity index (χ3v) is 12.2. The van der Waals surface area contributed by atoms with Crippen LogP contribution in [0.5, 0.6) is 0 Å². The Bertz CT molecular complexity index is 360. The lowest BCUT2D eigenvalue weighted by atomic mass is 10.2. The molecule has 2 atom stereocenters. The van der Waals surface area contributed by atoms with E-state index in [0.29, 0.717) is 16.6 Å². The van der Waals surface area contributed by atoms with Crippen LogP contribution in [0.1, 0.15) is 53.9 Å². The largest absolute Gasteiger partial charge is 0.382 e. The molecule has 4 heteroatoms. The molecule has 1 rings (SSSR count). The summed E-state index contributed by atoms with van der Waals surface area (Å²) in [6.45, 7) is 18.8. The van der Waals surface area contributed by atoms with Gasteiger partial charge in [-0.1, -0.05) is 47.7 Å². The summed E-state index contributed by atoms with van der Waals surface area (Å²) in [5, 5.41) is 7.78. The van der Waals surface area contributed by atoms with E-state index >= 15 is 0 Å². The van der Waals surface area contributed by atoms with E-state index in [-0.39, 0.29) is 0 Å².